The van der Waals surface area contributed by atoms with Crippen LogP contribution in [0.3, 0.4) is 0 Å². The number of sulfonamides is 1. The van der Waals surface area contributed by atoms with Gasteiger partial charge in [-0.05, 0) is 47.9 Å². The lowest BCUT2D eigenvalue weighted by Crippen LogP contribution is -2.16. The molecular weight excluding hydrogens is 472 g/mol. The molecule has 0 saturated heterocycles. The van der Waals surface area contributed by atoms with Gasteiger partial charge in [0.25, 0.3) is 15.9 Å². The number of hydrogen-bond acceptors (Lipinski definition) is 4. The molecule has 0 aliphatic heterocycles. The largest absolute Gasteiger partial charge is 0.487 e. The predicted molar refractivity (Wildman–Crippen MR) is 143 cm³/mol. The van der Waals surface area contributed by atoms with Gasteiger partial charge in [0.1, 0.15) is 12.4 Å². The topological polar surface area (TPSA) is 84.5 Å². The molecule has 4 aromatic carbocycles. The summed E-state index contributed by atoms with van der Waals surface area (Å²) in [5.41, 5.74) is 2.84. The number of carbonyl (C=O) groups excluding carboxylic acids is 1. The zero-order valence-corrected chi connectivity index (χ0v) is 20.4. The van der Waals surface area contributed by atoms with E-state index in [0.29, 0.717) is 34.7 Å². The molecule has 0 atom stereocenters. The highest BCUT2D eigenvalue weighted by atomic mass is 32.2. The van der Waals surface area contributed by atoms with Gasteiger partial charge in [0.15, 0.2) is 0 Å². The van der Waals surface area contributed by atoms with E-state index >= 15 is 0 Å². The number of anilines is 2. The first-order chi connectivity index (χ1) is 17.5. The Morgan fingerprint density at radius 2 is 1.44 bits per heavy atom. The van der Waals surface area contributed by atoms with Crippen LogP contribution in [0.25, 0.3) is 0 Å². The lowest BCUT2D eigenvalue weighted by atomic mass is 10.1. The number of amides is 1. The molecule has 2 N–H and O–H groups in total. The maximum absolute atomic E-state index is 13.0. The van der Waals surface area contributed by atoms with E-state index in [1.165, 1.54) is 12.1 Å². The van der Waals surface area contributed by atoms with Gasteiger partial charge < -0.3 is 10.1 Å². The second-order valence-corrected chi connectivity index (χ2v) is 9.69. The average Bonchev–Trinajstić information content (AvgIpc) is 2.91. The highest BCUT2D eigenvalue weighted by Crippen LogP contribution is 2.34. The first-order valence-electron chi connectivity index (χ1n) is 11.3. The summed E-state index contributed by atoms with van der Waals surface area (Å²) in [5, 5.41) is 2.91. The molecular formula is C29H26N2O4S. The number of nitrogens with one attached hydrogen (secondary N) is 2. The lowest BCUT2D eigenvalue weighted by Gasteiger charge is -2.18. The molecule has 0 heterocycles. The summed E-state index contributed by atoms with van der Waals surface area (Å²) in [6.07, 6.45) is 2.04. The predicted octanol–water partition coefficient (Wildman–Crippen LogP) is 6.05. The Balaban J connectivity index is 1.72. The number of rotatable bonds is 10. The van der Waals surface area contributed by atoms with Crippen LogP contribution in [0, 0.1) is 0 Å². The highest BCUT2D eigenvalue weighted by molar-refractivity contribution is 7.92. The van der Waals surface area contributed by atoms with Crippen LogP contribution in [0.2, 0.25) is 0 Å². The van der Waals surface area contributed by atoms with Gasteiger partial charge in [-0.2, -0.15) is 0 Å². The maximum atomic E-state index is 13.0. The second kappa shape index (κ2) is 11.4. The van der Waals surface area contributed by atoms with E-state index in [1.807, 2.05) is 36.4 Å². The summed E-state index contributed by atoms with van der Waals surface area (Å²) in [4.78, 5) is 13.1. The summed E-state index contributed by atoms with van der Waals surface area (Å²) in [6, 6.07) is 29.8. The third kappa shape index (κ3) is 6.20. The van der Waals surface area contributed by atoms with Gasteiger partial charge in [0.05, 0.1) is 16.3 Å². The van der Waals surface area contributed by atoms with Gasteiger partial charge in [-0.3, -0.25) is 9.52 Å². The molecule has 0 aliphatic carbocycles. The Morgan fingerprint density at radius 3 is 2.08 bits per heavy atom. The maximum Gasteiger partial charge on any atom is 0.261 e. The summed E-state index contributed by atoms with van der Waals surface area (Å²) in [7, 11) is -3.84. The van der Waals surface area contributed by atoms with Crippen LogP contribution in [0.15, 0.2) is 121 Å². The summed E-state index contributed by atoms with van der Waals surface area (Å²) >= 11 is 0. The Bertz CT molecular complexity index is 1440. The summed E-state index contributed by atoms with van der Waals surface area (Å²) in [6.45, 7) is 4.03. The molecule has 0 saturated carbocycles. The van der Waals surface area contributed by atoms with Crippen LogP contribution in [0.1, 0.15) is 21.5 Å². The zero-order chi connectivity index (χ0) is 25.4. The Hall–Kier alpha value is -4.36. The van der Waals surface area contributed by atoms with Crippen LogP contribution >= 0.6 is 0 Å². The Morgan fingerprint density at radius 1 is 0.833 bits per heavy atom. The van der Waals surface area contributed by atoms with Crippen LogP contribution in [0.4, 0.5) is 11.4 Å². The third-order valence-electron chi connectivity index (χ3n) is 5.39. The summed E-state index contributed by atoms with van der Waals surface area (Å²) < 4.78 is 34.8. The first-order valence-corrected chi connectivity index (χ1v) is 12.8. The van der Waals surface area contributed by atoms with Crippen LogP contribution in [-0.4, -0.2) is 14.3 Å². The molecule has 6 nitrogen and oxygen atoms in total. The van der Waals surface area contributed by atoms with Crippen molar-refractivity contribution in [1.82, 2.24) is 0 Å². The van der Waals surface area contributed by atoms with Gasteiger partial charge in [0.2, 0.25) is 0 Å². The van der Waals surface area contributed by atoms with Gasteiger partial charge in [-0.15, -0.1) is 6.58 Å². The van der Waals surface area contributed by atoms with Gasteiger partial charge in [-0.25, -0.2) is 8.42 Å². The van der Waals surface area contributed by atoms with Crippen molar-refractivity contribution in [3.05, 3.63) is 132 Å². The minimum absolute atomic E-state index is 0.141. The molecule has 0 unspecified atom stereocenters. The van der Waals surface area contributed by atoms with E-state index in [-0.39, 0.29) is 17.4 Å². The number of hydrogen-bond donors (Lipinski definition) is 2. The van der Waals surface area contributed by atoms with Gasteiger partial charge in [0, 0.05) is 11.6 Å². The molecule has 1 amide bonds. The molecule has 0 aliphatic rings. The molecule has 4 aromatic rings. The standard InChI is InChI=1S/C29H26N2O4S/c1-2-12-24-19-27(30-29(32)23-15-8-4-9-16-23)28(35-21-22-13-6-3-7-14-22)20-26(24)31-36(33,34)25-17-10-5-11-18-25/h2-11,13-20,31H,1,12,21H2,(H,30,32). The molecule has 4 rings (SSSR count). The van der Waals surface area contributed by atoms with E-state index in [9.17, 15) is 13.2 Å². The minimum atomic E-state index is -3.84. The minimum Gasteiger partial charge on any atom is -0.487 e. The SMILES string of the molecule is C=CCc1cc(NC(=O)c2ccccc2)c(OCc2ccccc2)cc1NS(=O)(=O)c1ccccc1. The van der Waals surface area contributed by atoms with E-state index in [1.54, 1.807) is 60.7 Å². The van der Waals surface area contributed by atoms with Crippen molar-refractivity contribution < 1.29 is 17.9 Å². The second-order valence-electron chi connectivity index (χ2n) is 8.01. The van der Waals surface area contributed by atoms with E-state index in [2.05, 4.69) is 16.6 Å². The fourth-order valence-electron chi connectivity index (χ4n) is 3.58. The smallest absolute Gasteiger partial charge is 0.261 e. The molecule has 0 aromatic heterocycles. The number of benzene rings is 4. The van der Waals surface area contributed by atoms with Crippen molar-refractivity contribution >= 4 is 27.3 Å². The van der Waals surface area contributed by atoms with Crippen molar-refractivity contribution in [2.45, 2.75) is 17.9 Å². The molecule has 7 heteroatoms. The number of allylic oxidation sites excluding steroid dienone is 1. The normalized spacial score (nSPS) is 10.9. The molecule has 0 fully saturated rings. The van der Waals surface area contributed by atoms with Crippen molar-refractivity contribution in [3.63, 3.8) is 0 Å². The highest BCUT2D eigenvalue weighted by Gasteiger charge is 2.19. The molecule has 0 spiro atoms. The van der Waals surface area contributed by atoms with Crippen molar-refractivity contribution in [1.29, 1.82) is 0 Å². The average molecular weight is 499 g/mol. The van der Waals surface area contributed by atoms with Crippen LogP contribution < -0.4 is 14.8 Å². The van der Waals surface area contributed by atoms with Crippen molar-refractivity contribution in [2.75, 3.05) is 10.0 Å². The molecule has 0 bridgehead atoms. The molecule has 36 heavy (non-hydrogen) atoms. The van der Waals surface area contributed by atoms with Crippen LogP contribution in [-0.2, 0) is 23.1 Å². The van der Waals surface area contributed by atoms with Gasteiger partial charge >= 0.3 is 0 Å². The zero-order valence-electron chi connectivity index (χ0n) is 19.6. The van der Waals surface area contributed by atoms with Crippen molar-refractivity contribution in [3.8, 4) is 5.75 Å². The Kier molecular flexibility index (Phi) is 7.82. The quantitative estimate of drug-likeness (QED) is 0.261. The number of ether oxygens (including phenoxy) is 1. The fraction of sp³-hybridized carbons (Fsp3) is 0.0690. The van der Waals surface area contributed by atoms with Crippen molar-refractivity contribution in [2.24, 2.45) is 0 Å². The van der Waals surface area contributed by atoms with E-state index in [4.69, 9.17) is 4.74 Å². The summed E-state index contributed by atoms with van der Waals surface area (Å²) in [5.74, 6) is 0.0315. The van der Waals surface area contributed by atoms with Gasteiger partial charge in [-0.1, -0.05) is 72.8 Å². The lowest BCUT2D eigenvalue weighted by molar-refractivity contribution is 0.102. The van der Waals surface area contributed by atoms with E-state index < -0.39 is 10.0 Å². The Labute approximate surface area is 211 Å². The van der Waals surface area contributed by atoms with E-state index in [0.717, 1.165) is 5.56 Å². The van der Waals surface area contributed by atoms with Crippen LogP contribution in [0.5, 0.6) is 5.75 Å². The number of carbonyl (C=O) groups is 1. The monoisotopic (exact) mass is 498 g/mol. The first kappa shape index (κ1) is 24.8. The third-order valence-corrected chi connectivity index (χ3v) is 6.77. The molecule has 182 valence electrons. The molecule has 0 radical (unpaired) electrons. The fourth-order valence-corrected chi connectivity index (χ4v) is 4.70.